The first-order valence-corrected chi connectivity index (χ1v) is 11.0. The van der Waals surface area contributed by atoms with Crippen LogP contribution in [0.15, 0.2) is 76.4 Å². The summed E-state index contributed by atoms with van der Waals surface area (Å²) in [5, 5.41) is 20.2. The van der Waals surface area contributed by atoms with Crippen LogP contribution < -0.4 is 0 Å². The van der Waals surface area contributed by atoms with Crippen molar-refractivity contribution in [3.8, 4) is 11.5 Å². The Morgan fingerprint density at radius 1 is 0.607 bits per heavy atom. The Kier molecular flexibility index (Phi) is 7.09. The van der Waals surface area contributed by atoms with E-state index in [1.165, 1.54) is 0 Å². The summed E-state index contributed by atoms with van der Waals surface area (Å²) in [5.74, 6) is 0.265. The topological polar surface area (TPSA) is 65.2 Å². The number of halogens is 4. The molecule has 0 radical (unpaired) electrons. The van der Waals surface area contributed by atoms with Crippen molar-refractivity contribution in [1.82, 2.24) is 0 Å². The van der Waals surface area contributed by atoms with Gasteiger partial charge < -0.3 is 10.2 Å². The van der Waals surface area contributed by atoms with Gasteiger partial charge in [-0.1, -0.05) is 31.9 Å². The van der Waals surface area contributed by atoms with E-state index >= 15 is 0 Å². The number of hydrogen-bond acceptors (Lipinski definition) is 4. The molecule has 0 bridgehead atoms. The van der Waals surface area contributed by atoms with Crippen molar-refractivity contribution in [3.63, 3.8) is 0 Å². The molecule has 0 saturated heterocycles. The van der Waals surface area contributed by atoms with Crippen LogP contribution in [-0.2, 0) is 0 Å². The maximum atomic E-state index is 10.1. The molecule has 0 spiro atoms. The lowest BCUT2D eigenvalue weighted by atomic mass is 10.2. The monoisotopic (exact) mass is 628 g/mol. The molecule has 3 aromatic carbocycles. The molecule has 4 nitrogen and oxygen atoms in total. The molecule has 0 aromatic heterocycles. The van der Waals surface area contributed by atoms with Gasteiger partial charge in [0.15, 0.2) is 0 Å². The highest BCUT2D eigenvalue weighted by Gasteiger charge is 2.06. The Hall–Kier alpha value is -1.48. The van der Waals surface area contributed by atoms with Gasteiger partial charge in [0, 0.05) is 32.5 Å². The molecule has 0 saturated carbocycles. The Labute approximate surface area is 195 Å². The average molecular weight is 632 g/mol. The van der Waals surface area contributed by atoms with Crippen molar-refractivity contribution in [1.29, 1.82) is 0 Å². The maximum absolute atomic E-state index is 10.1. The molecule has 0 heterocycles. The molecule has 3 aromatic rings. The van der Waals surface area contributed by atoms with E-state index in [2.05, 4.69) is 73.7 Å². The quantitative estimate of drug-likeness (QED) is 0.291. The number of benzene rings is 3. The summed E-state index contributed by atoms with van der Waals surface area (Å²) in [6.45, 7) is 0. The van der Waals surface area contributed by atoms with Gasteiger partial charge in [-0.15, -0.1) is 0 Å². The first kappa shape index (κ1) is 21.2. The van der Waals surface area contributed by atoms with Crippen molar-refractivity contribution < 1.29 is 10.2 Å². The largest absolute Gasteiger partial charge is 0.506 e. The first-order valence-electron chi connectivity index (χ1n) is 7.87. The predicted molar refractivity (Wildman–Crippen MR) is 128 cm³/mol. The minimum Gasteiger partial charge on any atom is -0.506 e. The Morgan fingerprint density at radius 3 is 1.32 bits per heavy atom. The number of phenols is 2. The molecular weight excluding hydrogens is 620 g/mol. The lowest BCUT2D eigenvalue weighted by Gasteiger charge is -2.03. The third-order valence-electron chi connectivity index (χ3n) is 3.67. The van der Waals surface area contributed by atoms with Gasteiger partial charge in [-0.05, 0) is 80.4 Å². The molecule has 0 unspecified atom stereocenters. The molecular formula is C20H12Br4N2O2. The summed E-state index contributed by atoms with van der Waals surface area (Å²) in [5.41, 5.74) is 2.64. The molecule has 3 rings (SSSR count). The second kappa shape index (κ2) is 9.35. The molecule has 0 atom stereocenters. The molecule has 0 aliphatic rings. The highest BCUT2D eigenvalue weighted by molar-refractivity contribution is 9.11. The Morgan fingerprint density at radius 2 is 0.964 bits per heavy atom. The zero-order valence-electron chi connectivity index (χ0n) is 14.1. The summed E-state index contributed by atoms with van der Waals surface area (Å²) in [7, 11) is 0. The maximum Gasteiger partial charge on any atom is 0.138 e. The van der Waals surface area contributed by atoms with Crippen LogP contribution in [0.2, 0.25) is 0 Å². The first-order chi connectivity index (χ1) is 13.3. The van der Waals surface area contributed by atoms with Gasteiger partial charge in [-0.3, -0.25) is 9.98 Å². The fraction of sp³-hybridized carbons (Fsp3) is 0. The van der Waals surface area contributed by atoms with Gasteiger partial charge in [0.25, 0.3) is 0 Å². The third kappa shape index (κ3) is 5.31. The molecule has 8 heteroatoms. The van der Waals surface area contributed by atoms with Crippen molar-refractivity contribution in [2.75, 3.05) is 0 Å². The van der Waals surface area contributed by atoms with E-state index in [1.54, 1.807) is 36.7 Å². The summed E-state index contributed by atoms with van der Waals surface area (Å²) >= 11 is 13.4. The van der Waals surface area contributed by atoms with Crippen LogP contribution in [-0.4, -0.2) is 22.6 Å². The van der Waals surface area contributed by atoms with Crippen molar-refractivity contribution >= 4 is 87.5 Å². The zero-order valence-corrected chi connectivity index (χ0v) is 20.4. The molecule has 2 N–H and O–H groups in total. The minimum absolute atomic E-state index is 0.133. The van der Waals surface area contributed by atoms with Crippen LogP contribution >= 0.6 is 63.7 Å². The molecule has 0 fully saturated rings. The Bertz CT molecular complexity index is 994. The van der Waals surface area contributed by atoms with E-state index in [-0.39, 0.29) is 11.5 Å². The van der Waals surface area contributed by atoms with Gasteiger partial charge in [0.1, 0.15) is 11.5 Å². The van der Waals surface area contributed by atoms with Crippen LogP contribution in [0.4, 0.5) is 11.4 Å². The Balaban J connectivity index is 1.77. The van der Waals surface area contributed by atoms with Crippen LogP contribution in [0, 0.1) is 0 Å². The van der Waals surface area contributed by atoms with Crippen molar-refractivity contribution in [3.05, 3.63) is 77.5 Å². The minimum atomic E-state index is 0.133. The smallest absolute Gasteiger partial charge is 0.138 e. The van der Waals surface area contributed by atoms with Gasteiger partial charge in [-0.2, -0.15) is 0 Å². The number of phenolic OH excluding ortho intramolecular Hbond substituents is 2. The number of nitrogens with zero attached hydrogens (tertiary/aromatic N) is 2. The van der Waals surface area contributed by atoms with E-state index in [0.29, 0.717) is 20.1 Å². The summed E-state index contributed by atoms with van der Waals surface area (Å²) < 4.78 is 2.86. The molecule has 0 aliphatic heterocycles. The standard InChI is InChI=1S/C20H12Br4N2O2/c21-13-5-11(19(27)17(23)7-13)9-25-15-1-2-16(4-3-15)26-10-12-6-14(22)8-18(24)20(12)28/h1-10,27-28H. The van der Waals surface area contributed by atoms with Gasteiger partial charge >= 0.3 is 0 Å². The fourth-order valence-electron chi connectivity index (χ4n) is 2.28. The van der Waals surface area contributed by atoms with Crippen LogP contribution in [0.1, 0.15) is 11.1 Å². The fourth-order valence-corrected chi connectivity index (χ4v) is 4.80. The predicted octanol–water partition coefficient (Wildman–Crippen LogP) is 7.65. The van der Waals surface area contributed by atoms with E-state index in [1.807, 2.05) is 24.3 Å². The molecule has 0 amide bonds. The van der Waals surface area contributed by atoms with Crippen molar-refractivity contribution in [2.24, 2.45) is 9.98 Å². The average Bonchev–Trinajstić information content (AvgIpc) is 2.66. The normalized spacial score (nSPS) is 11.6. The van der Waals surface area contributed by atoms with Crippen LogP contribution in [0.25, 0.3) is 0 Å². The zero-order chi connectivity index (χ0) is 20.3. The number of hydrogen-bond donors (Lipinski definition) is 2. The molecule has 142 valence electrons. The lowest BCUT2D eigenvalue weighted by Crippen LogP contribution is -1.84. The summed E-state index contributed by atoms with van der Waals surface area (Å²) in [4.78, 5) is 8.77. The van der Waals surface area contributed by atoms with Crippen LogP contribution in [0.3, 0.4) is 0 Å². The summed E-state index contributed by atoms with van der Waals surface area (Å²) in [6, 6.07) is 14.4. The van der Waals surface area contributed by atoms with E-state index in [9.17, 15) is 10.2 Å². The molecule has 28 heavy (non-hydrogen) atoms. The van der Waals surface area contributed by atoms with Gasteiger partial charge in [-0.25, -0.2) is 0 Å². The van der Waals surface area contributed by atoms with Gasteiger partial charge in [0.2, 0.25) is 0 Å². The molecule has 0 aliphatic carbocycles. The number of aliphatic imine (C=N–C) groups is 2. The van der Waals surface area contributed by atoms with Gasteiger partial charge in [0.05, 0.1) is 20.3 Å². The highest BCUT2D eigenvalue weighted by atomic mass is 79.9. The third-order valence-corrected chi connectivity index (χ3v) is 5.80. The number of rotatable bonds is 4. The number of aromatic hydroxyl groups is 2. The second-order valence-corrected chi connectivity index (χ2v) is 9.22. The van der Waals surface area contributed by atoms with Crippen LogP contribution in [0.5, 0.6) is 11.5 Å². The van der Waals surface area contributed by atoms with E-state index in [4.69, 9.17) is 0 Å². The van der Waals surface area contributed by atoms with Crippen molar-refractivity contribution in [2.45, 2.75) is 0 Å². The van der Waals surface area contributed by atoms with E-state index < -0.39 is 0 Å². The lowest BCUT2D eigenvalue weighted by molar-refractivity contribution is 0.470. The SMILES string of the molecule is Oc1c(Br)cc(Br)cc1C=Nc1ccc(N=Cc2cc(Br)cc(Br)c2O)cc1. The highest BCUT2D eigenvalue weighted by Crippen LogP contribution is 2.32. The summed E-state index contributed by atoms with van der Waals surface area (Å²) in [6.07, 6.45) is 3.19. The van der Waals surface area contributed by atoms with E-state index in [0.717, 1.165) is 20.3 Å². The second-order valence-electron chi connectivity index (χ2n) is 5.68.